The Hall–Kier alpha value is -2.36. The summed E-state index contributed by atoms with van der Waals surface area (Å²) < 4.78 is 16.6. The molecule has 4 nitrogen and oxygen atoms in total. The largest absolute Gasteiger partial charge is 0.508 e. The van der Waals surface area contributed by atoms with Crippen LogP contribution in [0.4, 0.5) is 0 Å². The zero-order valence-electron chi connectivity index (χ0n) is 12.3. The Bertz CT molecular complexity index is 666. The first-order chi connectivity index (χ1) is 10.1. The lowest BCUT2D eigenvalue weighted by atomic mass is 9.92. The topological polar surface area (TPSA) is 47.9 Å². The van der Waals surface area contributed by atoms with E-state index in [1.807, 2.05) is 24.3 Å². The standard InChI is InChI=1S/C17H18O4/c1-10-13-9-12(18)5-7-14(13)21-17(10)11-4-6-15(19-2)16(8-11)20-3/h4-10,17-18H,1-3H3/t10-,17?/m0/s1. The highest BCUT2D eigenvalue weighted by Crippen LogP contribution is 2.47. The molecule has 2 aromatic carbocycles. The summed E-state index contributed by atoms with van der Waals surface area (Å²) in [4.78, 5) is 0. The zero-order chi connectivity index (χ0) is 15.0. The maximum Gasteiger partial charge on any atom is 0.161 e. The number of phenolic OH excluding ortho intramolecular Hbond substituents is 1. The molecule has 0 radical (unpaired) electrons. The molecule has 0 fully saturated rings. The predicted octanol–water partition coefficient (Wildman–Crippen LogP) is 3.65. The number of methoxy groups -OCH3 is 2. The second kappa shape index (κ2) is 5.20. The monoisotopic (exact) mass is 286 g/mol. The maximum absolute atomic E-state index is 9.63. The molecule has 110 valence electrons. The fourth-order valence-corrected chi connectivity index (χ4v) is 2.79. The van der Waals surface area contributed by atoms with Crippen LogP contribution in [0.15, 0.2) is 36.4 Å². The molecule has 0 amide bonds. The van der Waals surface area contributed by atoms with Crippen LogP contribution in [-0.2, 0) is 0 Å². The van der Waals surface area contributed by atoms with Crippen molar-refractivity contribution < 1.29 is 19.3 Å². The first kappa shape index (κ1) is 13.6. The molecule has 1 aliphatic heterocycles. The lowest BCUT2D eigenvalue weighted by Gasteiger charge is -2.17. The zero-order valence-corrected chi connectivity index (χ0v) is 12.3. The van der Waals surface area contributed by atoms with Crippen LogP contribution >= 0.6 is 0 Å². The Morgan fingerprint density at radius 2 is 1.76 bits per heavy atom. The highest BCUT2D eigenvalue weighted by atomic mass is 16.5. The molecular weight excluding hydrogens is 268 g/mol. The summed E-state index contributed by atoms with van der Waals surface area (Å²) >= 11 is 0. The average molecular weight is 286 g/mol. The third-order valence-corrected chi connectivity index (χ3v) is 3.93. The summed E-state index contributed by atoms with van der Waals surface area (Å²) in [6.45, 7) is 2.09. The molecule has 4 heteroatoms. The SMILES string of the molecule is COc1ccc(C2Oc3ccc(O)cc3[C@@H]2C)cc1OC. The van der Waals surface area contributed by atoms with Gasteiger partial charge in [-0.3, -0.25) is 0 Å². The summed E-state index contributed by atoms with van der Waals surface area (Å²) in [5.74, 6) is 2.62. The normalized spacial score (nSPS) is 19.8. The first-order valence-electron chi connectivity index (χ1n) is 6.85. The number of fused-ring (bicyclic) bond motifs is 1. The van der Waals surface area contributed by atoms with Crippen molar-refractivity contribution in [1.82, 2.24) is 0 Å². The van der Waals surface area contributed by atoms with Gasteiger partial charge in [-0.2, -0.15) is 0 Å². The van der Waals surface area contributed by atoms with Crippen LogP contribution in [-0.4, -0.2) is 19.3 Å². The molecule has 1 heterocycles. The lowest BCUT2D eigenvalue weighted by molar-refractivity contribution is 0.215. The van der Waals surface area contributed by atoms with Crippen molar-refractivity contribution in [2.45, 2.75) is 18.9 Å². The van der Waals surface area contributed by atoms with Gasteiger partial charge in [-0.1, -0.05) is 13.0 Å². The summed E-state index contributed by atoms with van der Waals surface area (Å²) in [5.41, 5.74) is 2.05. The molecular formula is C17H18O4. The van der Waals surface area contributed by atoms with Crippen molar-refractivity contribution in [1.29, 1.82) is 0 Å². The molecule has 0 aromatic heterocycles. The molecule has 1 aliphatic rings. The van der Waals surface area contributed by atoms with Gasteiger partial charge in [0.2, 0.25) is 0 Å². The number of rotatable bonds is 3. The Morgan fingerprint density at radius 1 is 1.00 bits per heavy atom. The second-order valence-corrected chi connectivity index (χ2v) is 5.16. The van der Waals surface area contributed by atoms with E-state index in [-0.39, 0.29) is 17.8 Å². The molecule has 0 spiro atoms. The number of hydrogen-bond donors (Lipinski definition) is 1. The van der Waals surface area contributed by atoms with Gasteiger partial charge in [-0.15, -0.1) is 0 Å². The quantitative estimate of drug-likeness (QED) is 0.935. The maximum atomic E-state index is 9.63. The molecule has 1 N–H and O–H groups in total. The first-order valence-corrected chi connectivity index (χ1v) is 6.85. The molecule has 0 bridgehead atoms. The van der Waals surface area contributed by atoms with Crippen molar-refractivity contribution in [2.24, 2.45) is 0 Å². The van der Waals surface area contributed by atoms with E-state index in [0.717, 1.165) is 16.9 Å². The second-order valence-electron chi connectivity index (χ2n) is 5.16. The number of phenols is 1. The molecule has 21 heavy (non-hydrogen) atoms. The highest BCUT2D eigenvalue weighted by Gasteiger charge is 2.33. The van der Waals surface area contributed by atoms with Crippen LogP contribution in [0.25, 0.3) is 0 Å². The third-order valence-electron chi connectivity index (χ3n) is 3.93. The van der Waals surface area contributed by atoms with E-state index in [0.29, 0.717) is 11.5 Å². The minimum atomic E-state index is -0.0957. The van der Waals surface area contributed by atoms with Gasteiger partial charge in [0.1, 0.15) is 17.6 Å². The molecule has 1 unspecified atom stereocenters. The van der Waals surface area contributed by atoms with Crippen LogP contribution in [0, 0.1) is 0 Å². The van der Waals surface area contributed by atoms with Crippen LogP contribution < -0.4 is 14.2 Å². The van der Waals surface area contributed by atoms with Gasteiger partial charge in [-0.05, 0) is 35.9 Å². The van der Waals surface area contributed by atoms with E-state index in [2.05, 4.69) is 6.92 Å². The van der Waals surface area contributed by atoms with Gasteiger partial charge in [0.25, 0.3) is 0 Å². The van der Waals surface area contributed by atoms with E-state index in [1.165, 1.54) is 0 Å². The van der Waals surface area contributed by atoms with Gasteiger partial charge in [0.15, 0.2) is 11.5 Å². The van der Waals surface area contributed by atoms with Gasteiger partial charge in [-0.25, -0.2) is 0 Å². The third kappa shape index (κ3) is 2.27. The molecule has 2 atom stereocenters. The van der Waals surface area contributed by atoms with Crippen molar-refractivity contribution in [3.63, 3.8) is 0 Å². The van der Waals surface area contributed by atoms with Crippen molar-refractivity contribution >= 4 is 0 Å². The Morgan fingerprint density at radius 3 is 2.48 bits per heavy atom. The van der Waals surface area contributed by atoms with Gasteiger partial charge < -0.3 is 19.3 Å². The van der Waals surface area contributed by atoms with E-state index < -0.39 is 0 Å². The lowest BCUT2D eigenvalue weighted by Crippen LogP contribution is -2.07. The Kier molecular flexibility index (Phi) is 3.37. The van der Waals surface area contributed by atoms with Crippen LogP contribution in [0.2, 0.25) is 0 Å². The minimum Gasteiger partial charge on any atom is -0.508 e. The molecule has 2 aromatic rings. The number of aromatic hydroxyl groups is 1. The Labute approximate surface area is 123 Å². The van der Waals surface area contributed by atoms with Crippen LogP contribution in [0.5, 0.6) is 23.0 Å². The van der Waals surface area contributed by atoms with Crippen LogP contribution in [0.1, 0.15) is 30.1 Å². The summed E-state index contributed by atoms with van der Waals surface area (Å²) in [5, 5.41) is 9.63. The average Bonchev–Trinajstić information content (AvgIpc) is 2.83. The molecule has 0 saturated heterocycles. The number of ether oxygens (including phenoxy) is 3. The smallest absolute Gasteiger partial charge is 0.161 e. The highest BCUT2D eigenvalue weighted by molar-refractivity contribution is 5.49. The van der Waals surface area contributed by atoms with Gasteiger partial charge >= 0.3 is 0 Å². The minimum absolute atomic E-state index is 0.0957. The molecule has 0 saturated carbocycles. The van der Waals surface area contributed by atoms with Gasteiger partial charge in [0, 0.05) is 11.5 Å². The summed E-state index contributed by atoms with van der Waals surface area (Å²) in [6.07, 6.45) is -0.0957. The fraction of sp³-hybridized carbons (Fsp3) is 0.294. The Balaban J connectivity index is 1.96. The van der Waals surface area contributed by atoms with Crippen molar-refractivity contribution in [3.05, 3.63) is 47.5 Å². The fourth-order valence-electron chi connectivity index (χ4n) is 2.79. The molecule has 0 aliphatic carbocycles. The van der Waals surface area contributed by atoms with E-state index in [1.54, 1.807) is 26.4 Å². The summed E-state index contributed by atoms with van der Waals surface area (Å²) in [7, 11) is 3.23. The van der Waals surface area contributed by atoms with Crippen molar-refractivity contribution in [3.8, 4) is 23.0 Å². The number of hydrogen-bond acceptors (Lipinski definition) is 4. The molecule has 3 rings (SSSR count). The van der Waals surface area contributed by atoms with Crippen LogP contribution in [0.3, 0.4) is 0 Å². The van der Waals surface area contributed by atoms with Crippen molar-refractivity contribution in [2.75, 3.05) is 14.2 Å². The van der Waals surface area contributed by atoms with E-state index in [4.69, 9.17) is 14.2 Å². The van der Waals surface area contributed by atoms with Gasteiger partial charge in [0.05, 0.1) is 14.2 Å². The summed E-state index contributed by atoms with van der Waals surface area (Å²) in [6, 6.07) is 11.0. The van der Waals surface area contributed by atoms with E-state index >= 15 is 0 Å². The van der Waals surface area contributed by atoms with E-state index in [9.17, 15) is 5.11 Å². The predicted molar refractivity (Wildman–Crippen MR) is 79.4 cm³/mol. The number of benzene rings is 2.